The van der Waals surface area contributed by atoms with Crippen LogP contribution in [0.3, 0.4) is 0 Å². The maximum atomic E-state index is 12.1. The monoisotopic (exact) mass is 324 g/mol. The molecule has 0 fully saturated rings. The molecule has 0 aliphatic rings. The van der Waals surface area contributed by atoms with E-state index in [1.807, 2.05) is 6.92 Å². The molecule has 1 amide bonds. The van der Waals surface area contributed by atoms with E-state index in [-0.39, 0.29) is 5.91 Å². The second-order valence-corrected chi connectivity index (χ2v) is 6.46. The van der Waals surface area contributed by atoms with Crippen molar-refractivity contribution in [3.05, 3.63) is 33.9 Å². The van der Waals surface area contributed by atoms with E-state index in [4.69, 9.17) is 11.6 Å². The van der Waals surface area contributed by atoms with Gasteiger partial charge in [0.15, 0.2) is 5.13 Å². The first-order chi connectivity index (χ1) is 9.95. The average Bonchev–Trinajstić information content (AvgIpc) is 2.79. The molecule has 0 saturated carbocycles. The predicted octanol–water partition coefficient (Wildman–Crippen LogP) is 3.63. The molecule has 2 N–H and O–H groups in total. The molecule has 0 saturated heterocycles. The van der Waals surface area contributed by atoms with Gasteiger partial charge >= 0.3 is 0 Å². The van der Waals surface area contributed by atoms with Gasteiger partial charge in [-0.25, -0.2) is 9.97 Å². The molecule has 0 atom stereocenters. The first-order valence-corrected chi connectivity index (χ1v) is 7.79. The van der Waals surface area contributed by atoms with Gasteiger partial charge in [-0.2, -0.15) is 0 Å². The lowest BCUT2D eigenvalue weighted by Gasteiger charge is -2.06. The zero-order valence-electron chi connectivity index (χ0n) is 12.1. The number of pyridine rings is 1. The number of nitrogens with zero attached hydrogens (tertiary/aromatic N) is 2. The fraction of sp³-hybridized carbons (Fsp3) is 0.357. The summed E-state index contributed by atoms with van der Waals surface area (Å²) in [4.78, 5) is 21.2. The summed E-state index contributed by atoms with van der Waals surface area (Å²) in [6.45, 7) is 6.58. The van der Waals surface area contributed by atoms with Crippen molar-refractivity contribution in [3.63, 3.8) is 0 Å². The zero-order chi connectivity index (χ0) is 15.4. The minimum atomic E-state index is -0.0872. The Kier molecular flexibility index (Phi) is 5.14. The molecule has 7 heteroatoms. The maximum Gasteiger partial charge on any atom is 0.263 e. The molecule has 0 aromatic carbocycles. The number of rotatable bonds is 5. The summed E-state index contributed by atoms with van der Waals surface area (Å²) >= 11 is 7.10. The largest absolute Gasteiger partial charge is 0.351 e. The van der Waals surface area contributed by atoms with Crippen LogP contribution in [0.15, 0.2) is 18.3 Å². The lowest BCUT2D eigenvalue weighted by molar-refractivity contribution is 0.0952. The number of carbonyl (C=O) groups is 1. The van der Waals surface area contributed by atoms with Gasteiger partial charge in [0.25, 0.3) is 5.91 Å². The minimum Gasteiger partial charge on any atom is -0.351 e. The second-order valence-electron chi connectivity index (χ2n) is 5.02. The lowest BCUT2D eigenvalue weighted by atomic mass is 10.2. The van der Waals surface area contributed by atoms with Crippen molar-refractivity contribution < 1.29 is 4.79 Å². The standard InChI is InChI=1S/C14H17ClN4OS/c1-8(2)6-17-13(20)12-9(3)18-14(21-12)19-11-5-4-10(15)7-16-11/h4-5,7-8H,6H2,1-3H3,(H,17,20)(H,16,18,19). The molecule has 21 heavy (non-hydrogen) atoms. The summed E-state index contributed by atoms with van der Waals surface area (Å²) < 4.78 is 0. The summed E-state index contributed by atoms with van der Waals surface area (Å²) in [6.07, 6.45) is 1.56. The molecule has 112 valence electrons. The molecule has 5 nitrogen and oxygen atoms in total. The molecule has 2 rings (SSSR count). The van der Waals surface area contributed by atoms with Gasteiger partial charge in [0.05, 0.1) is 10.7 Å². The number of aromatic nitrogens is 2. The molecular weight excluding hydrogens is 308 g/mol. The first kappa shape index (κ1) is 15.7. The summed E-state index contributed by atoms with van der Waals surface area (Å²) in [5, 5.41) is 7.17. The first-order valence-electron chi connectivity index (χ1n) is 6.60. The quantitative estimate of drug-likeness (QED) is 0.881. The molecular formula is C14H17ClN4OS. The minimum absolute atomic E-state index is 0.0872. The average molecular weight is 325 g/mol. The van der Waals surface area contributed by atoms with E-state index in [1.54, 1.807) is 18.3 Å². The van der Waals surface area contributed by atoms with Crippen molar-refractivity contribution in [1.82, 2.24) is 15.3 Å². The van der Waals surface area contributed by atoms with Crippen LogP contribution in [0, 0.1) is 12.8 Å². The third-order valence-corrected chi connectivity index (χ3v) is 3.93. The van der Waals surface area contributed by atoms with Crippen molar-refractivity contribution in [2.75, 3.05) is 11.9 Å². The molecule has 2 aromatic rings. The van der Waals surface area contributed by atoms with Crippen molar-refractivity contribution in [1.29, 1.82) is 0 Å². The number of nitrogens with one attached hydrogen (secondary N) is 2. The third kappa shape index (κ3) is 4.41. The number of carbonyl (C=O) groups excluding carboxylic acids is 1. The highest BCUT2D eigenvalue weighted by molar-refractivity contribution is 7.17. The van der Waals surface area contributed by atoms with Gasteiger partial charge in [-0.05, 0) is 25.0 Å². The summed E-state index contributed by atoms with van der Waals surface area (Å²) in [7, 11) is 0. The Bertz CT molecular complexity index is 624. The van der Waals surface area contributed by atoms with Crippen LogP contribution in [0.4, 0.5) is 10.9 Å². The van der Waals surface area contributed by atoms with E-state index in [1.165, 1.54) is 11.3 Å². The van der Waals surface area contributed by atoms with Gasteiger partial charge in [0.1, 0.15) is 10.7 Å². The summed E-state index contributed by atoms with van der Waals surface area (Å²) in [6, 6.07) is 3.51. The summed E-state index contributed by atoms with van der Waals surface area (Å²) in [5.74, 6) is 0.969. The van der Waals surface area contributed by atoms with Crippen LogP contribution in [-0.4, -0.2) is 22.4 Å². The SMILES string of the molecule is Cc1nc(Nc2ccc(Cl)cn2)sc1C(=O)NCC(C)C. The molecule has 0 aliphatic carbocycles. The Morgan fingerprint density at radius 3 is 2.81 bits per heavy atom. The van der Waals surface area contributed by atoms with Crippen LogP contribution < -0.4 is 10.6 Å². The van der Waals surface area contributed by atoms with Gasteiger partial charge in [-0.15, -0.1) is 0 Å². The predicted molar refractivity (Wildman–Crippen MR) is 86.6 cm³/mol. The van der Waals surface area contributed by atoms with Crippen LogP contribution in [0.2, 0.25) is 5.02 Å². The van der Waals surface area contributed by atoms with Crippen LogP contribution >= 0.6 is 22.9 Å². The third-order valence-electron chi connectivity index (χ3n) is 2.64. The highest BCUT2D eigenvalue weighted by atomic mass is 35.5. The van der Waals surface area contributed by atoms with Gasteiger partial charge in [0, 0.05) is 12.7 Å². The van der Waals surface area contributed by atoms with Crippen molar-refractivity contribution in [2.24, 2.45) is 5.92 Å². The lowest BCUT2D eigenvalue weighted by Crippen LogP contribution is -2.27. The maximum absolute atomic E-state index is 12.1. The normalized spacial score (nSPS) is 10.7. The number of thiazole rings is 1. The summed E-state index contributed by atoms with van der Waals surface area (Å²) in [5.41, 5.74) is 0.706. The molecule has 0 spiro atoms. The van der Waals surface area contributed by atoms with Crippen LogP contribution in [-0.2, 0) is 0 Å². The van der Waals surface area contributed by atoms with Crippen molar-refractivity contribution >= 4 is 39.8 Å². The zero-order valence-corrected chi connectivity index (χ0v) is 13.7. The molecule has 2 heterocycles. The smallest absolute Gasteiger partial charge is 0.263 e. The second kappa shape index (κ2) is 6.87. The Hall–Kier alpha value is -1.66. The molecule has 0 radical (unpaired) electrons. The molecule has 0 aliphatic heterocycles. The number of aryl methyl sites for hydroxylation is 1. The van der Waals surface area contributed by atoms with E-state index in [0.29, 0.717) is 39.0 Å². The number of amides is 1. The van der Waals surface area contributed by atoms with Gasteiger partial charge < -0.3 is 10.6 Å². The molecule has 0 bridgehead atoms. The topological polar surface area (TPSA) is 66.9 Å². The molecule has 2 aromatic heterocycles. The number of hydrogen-bond acceptors (Lipinski definition) is 5. The van der Waals surface area contributed by atoms with Crippen molar-refractivity contribution in [2.45, 2.75) is 20.8 Å². The Balaban J connectivity index is 2.08. The molecule has 0 unspecified atom stereocenters. The highest BCUT2D eigenvalue weighted by Gasteiger charge is 2.15. The van der Waals surface area contributed by atoms with E-state index in [0.717, 1.165) is 0 Å². The van der Waals surface area contributed by atoms with Gasteiger partial charge in [-0.1, -0.05) is 36.8 Å². The van der Waals surface area contributed by atoms with E-state index in [9.17, 15) is 4.79 Å². The Morgan fingerprint density at radius 2 is 2.19 bits per heavy atom. The van der Waals surface area contributed by atoms with Crippen LogP contribution in [0.1, 0.15) is 29.2 Å². The fourth-order valence-corrected chi connectivity index (χ4v) is 2.60. The van der Waals surface area contributed by atoms with Crippen LogP contribution in [0.5, 0.6) is 0 Å². The Labute approximate surface area is 132 Å². The van der Waals surface area contributed by atoms with E-state index < -0.39 is 0 Å². The van der Waals surface area contributed by atoms with Crippen LogP contribution in [0.25, 0.3) is 0 Å². The highest BCUT2D eigenvalue weighted by Crippen LogP contribution is 2.25. The van der Waals surface area contributed by atoms with E-state index in [2.05, 4.69) is 34.4 Å². The Morgan fingerprint density at radius 1 is 1.43 bits per heavy atom. The fourth-order valence-electron chi connectivity index (χ4n) is 1.60. The number of anilines is 2. The number of halogens is 1. The number of hydrogen-bond donors (Lipinski definition) is 2. The van der Waals surface area contributed by atoms with Gasteiger partial charge in [-0.3, -0.25) is 4.79 Å². The van der Waals surface area contributed by atoms with Gasteiger partial charge in [0.2, 0.25) is 0 Å². The van der Waals surface area contributed by atoms with E-state index >= 15 is 0 Å². The van der Waals surface area contributed by atoms with Crippen molar-refractivity contribution in [3.8, 4) is 0 Å².